The molecule has 0 unspecified atom stereocenters. The summed E-state index contributed by atoms with van der Waals surface area (Å²) in [4.78, 5) is 14.2. The lowest BCUT2D eigenvalue weighted by Gasteiger charge is -2.26. The third kappa shape index (κ3) is 3.91. The van der Waals surface area contributed by atoms with E-state index in [-0.39, 0.29) is 5.91 Å². The van der Waals surface area contributed by atoms with Gasteiger partial charge in [0.15, 0.2) is 0 Å². The van der Waals surface area contributed by atoms with E-state index < -0.39 is 0 Å². The molecule has 1 aliphatic heterocycles. The molecule has 23 heavy (non-hydrogen) atoms. The molecule has 1 heterocycles. The molecule has 1 amide bonds. The van der Waals surface area contributed by atoms with Crippen molar-refractivity contribution in [2.75, 3.05) is 32.0 Å². The van der Waals surface area contributed by atoms with Gasteiger partial charge in [0.25, 0.3) is 5.91 Å². The Morgan fingerprint density at radius 1 is 0.913 bits per heavy atom. The van der Waals surface area contributed by atoms with Gasteiger partial charge < -0.3 is 15.4 Å². The number of benzene rings is 2. The fourth-order valence-electron chi connectivity index (χ4n) is 2.36. The number of morpholine rings is 1. The molecule has 116 valence electrons. The zero-order chi connectivity index (χ0) is 16.1. The van der Waals surface area contributed by atoms with E-state index in [0.717, 1.165) is 16.8 Å². The Labute approximate surface area is 135 Å². The Bertz CT molecular complexity index is 734. The van der Waals surface area contributed by atoms with Crippen LogP contribution in [0.2, 0.25) is 0 Å². The molecule has 1 fully saturated rings. The maximum absolute atomic E-state index is 12.3. The van der Waals surface area contributed by atoms with Gasteiger partial charge in [-0.05, 0) is 48.5 Å². The van der Waals surface area contributed by atoms with Gasteiger partial charge in [0.1, 0.15) is 0 Å². The van der Waals surface area contributed by atoms with Crippen molar-refractivity contribution in [1.82, 2.24) is 4.90 Å². The Hall–Kier alpha value is -2.77. The number of ether oxygens (including phenoxy) is 1. The summed E-state index contributed by atoms with van der Waals surface area (Å²) >= 11 is 0. The number of nitrogen functional groups attached to an aromatic ring is 1. The van der Waals surface area contributed by atoms with Gasteiger partial charge in [-0.3, -0.25) is 4.79 Å². The first-order chi connectivity index (χ1) is 11.2. The number of carbonyl (C=O) groups excluding carboxylic acids is 1. The summed E-state index contributed by atoms with van der Waals surface area (Å²) in [5, 5.41) is 0. The highest BCUT2D eigenvalue weighted by Gasteiger charge is 2.17. The van der Waals surface area contributed by atoms with Gasteiger partial charge in [0, 0.05) is 35.5 Å². The number of carbonyl (C=O) groups is 1. The van der Waals surface area contributed by atoms with Crippen molar-refractivity contribution in [3.05, 3.63) is 65.2 Å². The minimum absolute atomic E-state index is 0.0475. The highest BCUT2D eigenvalue weighted by atomic mass is 16.5. The first kappa shape index (κ1) is 15.1. The molecule has 2 aromatic rings. The van der Waals surface area contributed by atoms with Gasteiger partial charge in [0.2, 0.25) is 0 Å². The van der Waals surface area contributed by atoms with Gasteiger partial charge >= 0.3 is 0 Å². The van der Waals surface area contributed by atoms with Crippen LogP contribution >= 0.6 is 0 Å². The number of amides is 1. The van der Waals surface area contributed by atoms with Crippen molar-refractivity contribution in [2.24, 2.45) is 0 Å². The number of nitrogens with zero attached hydrogens (tertiary/aromatic N) is 1. The zero-order valence-corrected chi connectivity index (χ0v) is 12.8. The van der Waals surface area contributed by atoms with E-state index in [1.54, 1.807) is 0 Å². The fourth-order valence-corrected chi connectivity index (χ4v) is 2.36. The van der Waals surface area contributed by atoms with E-state index in [9.17, 15) is 4.79 Å². The summed E-state index contributed by atoms with van der Waals surface area (Å²) in [6.07, 6.45) is 0. The van der Waals surface area contributed by atoms with Crippen molar-refractivity contribution in [3.63, 3.8) is 0 Å². The second kappa shape index (κ2) is 6.99. The molecule has 0 radical (unpaired) electrons. The number of hydrogen-bond donors (Lipinski definition) is 1. The minimum Gasteiger partial charge on any atom is -0.399 e. The standard InChI is InChI=1S/C19H18N2O2/c20-18-9-5-16(6-10-18)2-1-15-3-7-17(8-4-15)19(22)21-11-13-23-14-12-21/h3-10H,11-14,20H2. The summed E-state index contributed by atoms with van der Waals surface area (Å²) in [6.45, 7) is 2.52. The molecule has 0 spiro atoms. The van der Waals surface area contributed by atoms with E-state index >= 15 is 0 Å². The second-order valence-electron chi connectivity index (χ2n) is 5.35. The summed E-state index contributed by atoms with van der Waals surface area (Å²) in [7, 11) is 0. The molecule has 0 saturated carbocycles. The van der Waals surface area contributed by atoms with Crippen LogP contribution in [0, 0.1) is 11.8 Å². The average molecular weight is 306 g/mol. The molecule has 0 aliphatic carbocycles. The van der Waals surface area contributed by atoms with Crippen LogP contribution in [-0.4, -0.2) is 37.1 Å². The van der Waals surface area contributed by atoms with Crippen molar-refractivity contribution < 1.29 is 9.53 Å². The smallest absolute Gasteiger partial charge is 0.254 e. The molecular formula is C19H18N2O2. The lowest BCUT2D eigenvalue weighted by molar-refractivity contribution is 0.0303. The maximum Gasteiger partial charge on any atom is 0.254 e. The van der Waals surface area contributed by atoms with Crippen LogP contribution in [0.5, 0.6) is 0 Å². The molecule has 2 N–H and O–H groups in total. The SMILES string of the molecule is Nc1ccc(C#Cc2ccc(C(=O)N3CCOCC3)cc2)cc1. The van der Waals surface area contributed by atoms with E-state index in [2.05, 4.69) is 11.8 Å². The van der Waals surface area contributed by atoms with Crippen LogP contribution in [0.3, 0.4) is 0 Å². The maximum atomic E-state index is 12.3. The normalized spacial score (nSPS) is 14.0. The number of rotatable bonds is 1. The number of anilines is 1. The highest BCUT2D eigenvalue weighted by Crippen LogP contribution is 2.09. The van der Waals surface area contributed by atoms with Crippen molar-refractivity contribution in [1.29, 1.82) is 0 Å². The van der Waals surface area contributed by atoms with Gasteiger partial charge in [-0.1, -0.05) is 11.8 Å². The van der Waals surface area contributed by atoms with Crippen LogP contribution in [0.15, 0.2) is 48.5 Å². The first-order valence-electron chi connectivity index (χ1n) is 7.57. The number of nitrogens with two attached hydrogens (primary N) is 1. The predicted molar refractivity (Wildman–Crippen MR) is 90.0 cm³/mol. The van der Waals surface area contributed by atoms with E-state index in [1.165, 1.54) is 0 Å². The minimum atomic E-state index is 0.0475. The molecule has 4 nitrogen and oxygen atoms in total. The van der Waals surface area contributed by atoms with Gasteiger partial charge in [-0.15, -0.1) is 0 Å². The van der Waals surface area contributed by atoms with Crippen molar-refractivity contribution in [2.45, 2.75) is 0 Å². The molecule has 0 bridgehead atoms. The second-order valence-corrected chi connectivity index (χ2v) is 5.35. The number of hydrogen-bond acceptors (Lipinski definition) is 3. The molecule has 1 aliphatic rings. The van der Waals surface area contributed by atoms with Crippen LogP contribution in [0.4, 0.5) is 5.69 Å². The molecule has 0 aromatic heterocycles. The Kier molecular flexibility index (Phi) is 4.60. The Morgan fingerprint density at radius 2 is 1.43 bits per heavy atom. The van der Waals surface area contributed by atoms with E-state index in [0.29, 0.717) is 31.9 Å². The molecular weight excluding hydrogens is 288 g/mol. The molecule has 2 aromatic carbocycles. The summed E-state index contributed by atoms with van der Waals surface area (Å²) in [6, 6.07) is 14.8. The summed E-state index contributed by atoms with van der Waals surface area (Å²) < 4.78 is 5.27. The largest absolute Gasteiger partial charge is 0.399 e. The van der Waals surface area contributed by atoms with Gasteiger partial charge in [-0.25, -0.2) is 0 Å². The molecule has 1 saturated heterocycles. The lowest BCUT2D eigenvalue weighted by atomic mass is 10.1. The first-order valence-corrected chi connectivity index (χ1v) is 7.57. The molecule has 3 rings (SSSR count). The van der Waals surface area contributed by atoms with E-state index in [1.807, 2.05) is 53.4 Å². The van der Waals surface area contributed by atoms with Crippen LogP contribution < -0.4 is 5.73 Å². The van der Waals surface area contributed by atoms with Crippen LogP contribution in [-0.2, 0) is 4.74 Å². The predicted octanol–water partition coefficient (Wildman–Crippen LogP) is 2.14. The van der Waals surface area contributed by atoms with Crippen molar-refractivity contribution in [3.8, 4) is 11.8 Å². The highest BCUT2D eigenvalue weighted by molar-refractivity contribution is 5.94. The lowest BCUT2D eigenvalue weighted by Crippen LogP contribution is -2.40. The van der Waals surface area contributed by atoms with Crippen LogP contribution in [0.1, 0.15) is 21.5 Å². The van der Waals surface area contributed by atoms with Crippen molar-refractivity contribution >= 4 is 11.6 Å². The van der Waals surface area contributed by atoms with Crippen LogP contribution in [0.25, 0.3) is 0 Å². The van der Waals surface area contributed by atoms with Gasteiger partial charge in [-0.2, -0.15) is 0 Å². The summed E-state index contributed by atoms with van der Waals surface area (Å²) in [5.41, 5.74) is 8.84. The monoisotopic (exact) mass is 306 g/mol. The average Bonchev–Trinajstić information content (AvgIpc) is 2.62. The fraction of sp³-hybridized carbons (Fsp3) is 0.211. The third-order valence-electron chi connectivity index (χ3n) is 3.69. The van der Waals surface area contributed by atoms with Gasteiger partial charge in [0.05, 0.1) is 13.2 Å². The Morgan fingerprint density at radius 3 is 2.00 bits per heavy atom. The van der Waals surface area contributed by atoms with E-state index in [4.69, 9.17) is 10.5 Å². The Balaban J connectivity index is 1.69. The third-order valence-corrected chi connectivity index (χ3v) is 3.69. The molecule has 0 atom stereocenters. The summed E-state index contributed by atoms with van der Waals surface area (Å²) in [5.74, 6) is 6.22. The topological polar surface area (TPSA) is 55.6 Å². The molecule has 4 heteroatoms. The zero-order valence-electron chi connectivity index (χ0n) is 12.8. The quantitative estimate of drug-likeness (QED) is 0.649.